The van der Waals surface area contributed by atoms with Crippen molar-refractivity contribution in [1.29, 1.82) is 0 Å². The normalized spacial score (nSPS) is 18.6. The minimum atomic E-state index is -0.664. The Morgan fingerprint density at radius 2 is 1.80 bits per heavy atom. The summed E-state index contributed by atoms with van der Waals surface area (Å²) in [5.74, 6) is -0.0808. The van der Waals surface area contributed by atoms with Crippen molar-refractivity contribution >= 4 is 11.5 Å². The molecular formula is C27H33NO2. The van der Waals surface area contributed by atoms with Crippen molar-refractivity contribution in [3.63, 3.8) is 0 Å². The molecule has 0 bridgehead atoms. The number of likely N-dealkylation sites (tertiary alicyclic amines) is 1. The van der Waals surface area contributed by atoms with Crippen LogP contribution in [0.3, 0.4) is 0 Å². The van der Waals surface area contributed by atoms with Crippen LogP contribution < -0.4 is 0 Å². The first-order chi connectivity index (χ1) is 14.6. The van der Waals surface area contributed by atoms with Gasteiger partial charge in [-0.1, -0.05) is 54.1 Å². The summed E-state index contributed by atoms with van der Waals surface area (Å²) in [6.07, 6.45) is 9.13. The molecule has 1 fully saturated rings. The van der Waals surface area contributed by atoms with E-state index in [9.17, 15) is 4.79 Å². The number of nitrogens with zero attached hydrogens (tertiary/aromatic N) is 1. The zero-order chi connectivity index (χ0) is 20.9. The van der Waals surface area contributed by atoms with Gasteiger partial charge in [0.15, 0.2) is 0 Å². The molecule has 1 N–H and O–H groups in total. The number of hydrogen-bond donors (Lipinski definition) is 1. The summed E-state index contributed by atoms with van der Waals surface area (Å²) in [6.45, 7) is 5.46. The second kappa shape index (κ2) is 9.61. The largest absolute Gasteiger partial charge is 0.481 e. The Morgan fingerprint density at radius 1 is 1.07 bits per heavy atom. The fourth-order valence-electron chi connectivity index (χ4n) is 5.05. The lowest BCUT2D eigenvalue weighted by Crippen LogP contribution is -2.34. The van der Waals surface area contributed by atoms with Crippen LogP contribution in [0.2, 0.25) is 0 Å². The molecule has 3 nitrogen and oxygen atoms in total. The van der Waals surface area contributed by atoms with Crippen LogP contribution in [-0.2, 0) is 17.6 Å². The maximum atomic E-state index is 10.8. The Hall–Kier alpha value is -2.39. The van der Waals surface area contributed by atoms with Crippen molar-refractivity contribution in [2.24, 2.45) is 5.92 Å². The average Bonchev–Trinajstić information content (AvgIpc) is 2.90. The van der Waals surface area contributed by atoms with Crippen LogP contribution in [0.25, 0.3) is 5.57 Å². The number of benzene rings is 2. The van der Waals surface area contributed by atoms with Crippen LogP contribution in [0.5, 0.6) is 0 Å². The Labute approximate surface area is 180 Å². The quantitative estimate of drug-likeness (QED) is 0.693. The zero-order valence-corrected chi connectivity index (χ0v) is 18.1. The van der Waals surface area contributed by atoms with Crippen LogP contribution in [0.15, 0.2) is 48.5 Å². The summed E-state index contributed by atoms with van der Waals surface area (Å²) in [6, 6.07) is 15.8. The summed E-state index contributed by atoms with van der Waals surface area (Å²) >= 11 is 0. The molecule has 0 spiro atoms. The van der Waals surface area contributed by atoms with Gasteiger partial charge in [0.05, 0.1) is 0 Å². The van der Waals surface area contributed by atoms with E-state index in [1.165, 1.54) is 33.4 Å². The number of hydrogen-bond acceptors (Lipinski definition) is 2. The third-order valence-corrected chi connectivity index (χ3v) is 6.79. The van der Waals surface area contributed by atoms with Crippen molar-refractivity contribution in [3.05, 3.63) is 76.4 Å². The van der Waals surface area contributed by atoms with E-state index < -0.39 is 5.97 Å². The van der Waals surface area contributed by atoms with Crippen molar-refractivity contribution in [3.8, 4) is 0 Å². The van der Waals surface area contributed by atoms with E-state index in [-0.39, 0.29) is 0 Å². The van der Waals surface area contributed by atoms with Gasteiger partial charge in [-0.3, -0.25) is 4.79 Å². The number of carboxylic acids is 1. The van der Waals surface area contributed by atoms with Crippen molar-refractivity contribution in [2.75, 3.05) is 19.6 Å². The monoisotopic (exact) mass is 403 g/mol. The molecule has 0 saturated carbocycles. The van der Waals surface area contributed by atoms with E-state index in [0.717, 1.165) is 58.2 Å². The molecule has 0 unspecified atom stereocenters. The molecule has 4 rings (SSSR count). The number of aliphatic carboxylic acids is 1. The van der Waals surface area contributed by atoms with Crippen molar-refractivity contribution in [1.82, 2.24) is 4.90 Å². The summed E-state index contributed by atoms with van der Waals surface area (Å²) in [7, 11) is 0. The minimum absolute atomic E-state index is 0.315. The molecule has 3 heteroatoms. The topological polar surface area (TPSA) is 40.5 Å². The number of carbonyl (C=O) groups is 1. The second-order valence-electron chi connectivity index (χ2n) is 8.94. The van der Waals surface area contributed by atoms with Gasteiger partial charge in [-0.05, 0) is 92.3 Å². The van der Waals surface area contributed by atoms with Crippen LogP contribution >= 0.6 is 0 Å². The van der Waals surface area contributed by atoms with Gasteiger partial charge >= 0.3 is 5.97 Å². The van der Waals surface area contributed by atoms with Gasteiger partial charge in [-0.2, -0.15) is 0 Å². The predicted octanol–water partition coefficient (Wildman–Crippen LogP) is 5.49. The van der Waals surface area contributed by atoms with Gasteiger partial charge in [0.2, 0.25) is 0 Å². The maximum Gasteiger partial charge on any atom is 0.303 e. The SMILES string of the molecule is Cc1ccc2c(c1)CCc1ccccc1C2=CCCN1CCC(CCC(=O)O)CC1. The first kappa shape index (κ1) is 20.9. The molecule has 2 aromatic carbocycles. The highest BCUT2D eigenvalue weighted by atomic mass is 16.4. The zero-order valence-electron chi connectivity index (χ0n) is 18.1. The molecule has 1 saturated heterocycles. The van der Waals surface area contributed by atoms with E-state index >= 15 is 0 Å². The highest BCUT2D eigenvalue weighted by molar-refractivity contribution is 5.84. The molecule has 0 aromatic heterocycles. The lowest BCUT2D eigenvalue weighted by Gasteiger charge is -2.31. The first-order valence-electron chi connectivity index (χ1n) is 11.4. The number of aryl methyl sites for hydroxylation is 3. The molecule has 158 valence electrons. The van der Waals surface area contributed by atoms with Crippen molar-refractivity contribution < 1.29 is 9.90 Å². The maximum absolute atomic E-state index is 10.8. The van der Waals surface area contributed by atoms with E-state index in [1.54, 1.807) is 0 Å². The third kappa shape index (κ3) is 5.02. The molecule has 2 aliphatic rings. The second-order valence-corrected chi connectivity index (χ2v) is 8.94. The van der Waals surface area contributed by atoms with Crippen LogP contribution in [-0.4, -0.2) is 35.6 Å². The summed E-state index contributed by atoms with van der Waals surface area (Å²) in [4.78, 5) is 13.3. The summed E-state index contributed by atoms with van der Waals surface area (Å²) in [5, 5.41) is 8.89. The van der Waals surface area contributed by atoms with Gasteiger partial charge in [-0.25, -0.2) is 0 Å². The lowest BCUT2D eigenvalue weighted by molar-refractivity contribution is -0.137. The fourth-order valence-corrected chi connectivity index (χ4v) is 5.05. The molecule has 2 aromatic rings. The van der Waals surface area contributed by atoms with Gasteiger partial charge in [0.1, 0.15) is 0 Å². The third-order valence-electron chi connectivity index (χ3n) is 6.79. The lowest BCUT2D eigenvalue weighted by atomic mass is 9.91. The average molecular weight is 404 g/mol. The predicted molar refractivity (Wildman–Crippen MR) is 123 cm³/mol. The molecule has 1 aliphatic carbocycles. The molecule has 1 heterocycles. The molecule has 30 heavy (non-hydrogen) atoms. The molecule has 0 radical (unpaired) electrons. The van der Waals surface area contributed by atoms with Crippen LogP contribution in [0.1, 0.15) is 59.9 Å². The van der Waals surface area contributed by atoms with E-state index in [1.807, 2.05) is 0 Å². The number of piperidine rings is 1. The minimum Gasteiger partial charge on any atom is -0.481 e. The van der Waals surface area contributed by atoms with Crippen LogP contribution in [0, 0.1) is 12.8 Å². The Balaban J connectivity index is 1.44. The molecule has 1 aliphatic heterocycles. The Morgan fingerprint density at radius 3 is 2.60 bits per heavy atom. The van der Waals surface area contributed by atoms with E-state index in [0.29, 0.717) is 12.3 Å². The molecular weight excluding hydrogens is 370 g/mol. The Bertz CT molecular complexity index is 922. The smallest absolute Gasteiger partial charge is 0.303 e. The van der Waals surface area contributed by atoms with Crippen molar-refractivity contribution in [2.45, 2.75) is 51.9 Å². The van der Waals surface area contributed by atoms with Crippen LogP contribution in [0.4, 0.5) is 0 Å². The number of carboxylic acid groups (broad SMARTS) is 1. The standard InChI is InChI=1S/C27H33NO2/c1-20-8-12-25-23(19-20)11-10-22-5-2-3-6-24(22)26(25)7-4-16-28-17-14-21(15-18-28)9-13-27(29)30/h2-3,5-8,12,19,21H,4,9-11,13-18H2,1H3,(H,29,30). The van der Waals surface area contributed by atoms with E-state index in [2.05, 4.69) is 60.4 Å². The van der Waals surface area contributed by atoms with E-state index in [4.69, 9.17) is 5.11 Å². The number of fused-ring (bicyclic) bond motifs is 2. The highest BCUT2D eigenvalue weighted by Crippen LogP contribution is 2.34. The van der Waals surface area contributed by atoms with Gasteiger partial charge in [0, 0.05) is 13.0 Å². The highest BCUT2D eigenvalue weighted by Gasteiger charge is 2.20. The number of rotatable bonds is 6. The first-order valence-corrected chi connectivity index (χ1v) is 11.4. The summed E-state index contributed by atoms with van der Waals surface area (Å²) < 4.78 is 0. The Kier molecular flexibility index (Phi) is 6.69. The van der Waals surface area contributed by atoms with Gasteiger partial charge in [0.25, 0.3) is 0 Å². The van der Waals surface area contributed by atoms with Gasteiger partial charge in [-0.15, -0.1) is 0 Å². The molecule has 0 amide bonds. The van der Waals surface area contributed by atoms with Gasteiger partial charge < -0.3 is 10.0 Å². The fraction of sp³-hybridized carbons (Fsp3) is 0.444. The summed E-state index contributed by atoms with van der Waals surface area (Å²) in [5.41, 5.74) is 8.46. The molecule has 0 atom stereocenters.